The van der Waals surface area contributed by atoms with Crippen LogP contribution < -0.4 is 0 Å². The predicted octanol–water partition coefficient (Wildman–Crippen LogP) is 10.3. The number of aromatic nitrogens is 3. The van der Waals surface area contributed by atoms with Crippen LogP contribution in [-0.2, 0) is 5.41 Å². The molecule has 1 aliphatic rings. The van der Waals surface area contributed by atoms with Crippen molar-refractivity contribution in [3.63, 3.8) is 0 Å². The molecule has 0 aliphatic heterocycles. The number of hydrogen-bond acceptors (Lipinski definition) is 1. The molecule has 1 aliphatic carbocycles. The van der Waals surface area contributed by atoms with E-state index in [-0.39, 0.29) is 19.9 Å². The van der Waals surface area contributed by atoms with E-state index in [2.05, 4.69) is 162 Å². The Kier molecular flexibility index (Phi) is 5.35. The molecule has 0 fully saturated rings. The molecule has 0 N–H and O–H groups in total. The first kappa shape index (κ1) is 26.1. The molecule has 218 valence electrons. The number of fused-ring (bicyclic) bond motifs is 9. The van der Waals surface area contributed by atoms with Crippen molar-refractivity contribution in [3.05, 3.63) is 151 Å². The fourth-order valence-electron chi connectivity index (χ4n) is 7.81. The number of nitrogens with zero attached hydrogens (tertiary/aromatic N) is 3. The molecule has 0 unspecified atom stereocenters. The zero-order valence-corrected chi connectivity index (χ0v) is 27.2. The van der Waals surface area contributed by atoms with Crippen LogP contribution in [0.2, 0.25) is 0 Å². The van der Waals surface area contributed by atoms with Crippen molar-refractivity contribution in [2.75, 3.05) is 0 Å². The van der Waals surface area contributed by atoms with Gasteiger partial charge in [-0.1, -0.05) is 0 Å². The van der Waals surface area contributed by atoms with Crippen LogP contribution in [0.15, 0.2) is 140 Å². The van der Waals surface area contributed by atoms with Gasteiger partial charge in [-0.3, -0.25) is 0 Å². The molecule has 9 aromatic rings. The number of benzene rings is 6. The molecular formula is C42H29N3Se. The quantitative estimate of drug-likeness (QED) is 0.174. The first-order valence-electron chi connectivity index (χ1n) is 15.8. The fraction of sp³-hybridized carbons (Fsp3) is 0.0714. The molecule has 0 bridgehead atoms. The van der Waals surface area contributed by atoms with Crippen molar-refractivity contribution >= 4 is 50.6 Å². The second-order valence-corrected chi connectivity index (χ2v) is 15.0. The van der Waals surface area contributed by atoms with Crippen LogP contribution in [0.5, 0.6) is 0 Å². The van der Waals surface area contributed by atoms with Crippen LogP contribution in [0.1, 0.15) is 25.0 Å². The molecule has 0 saturated heterocycles. The summed E-state index contributed by atoms with van der Waals surface area (Å²) in [7, 11) is 0. The third-order valence-electron chi connectivity index (χ3n) is 9.99. The van der Waals surface area contributed by atoms with E-state index in [4.69, 9.17) is 4.98 Å². The van der Waals surface area contributed by atoms with Gasteiger partial charge in [-0.25, -0.2) is 0 Å². The number of para-hydroxylation sites is 3. The van der Waals surface area contributed by atoms with Gasteiger partial charge in [0.2, 0.25) is 0 Å². The molecule has 3 aromatic heterocycles. The van der Waals surface area contributed by atoms with Crippen LogP contribution in [0.3, 0.4) is 0 Å². The molecule has 3 nitrogen and oxygen atoms in total. The molecule has 0 amide bonds. The summed E-state index contributed by atoms with van der Waals surface area (Å²) in [6.07, 6.45) is 0. The third-order valence-corrected chi connectivity index (χ3v) is 12.1. The minimum atomic E-state index is -0.0677. The van der Waals surface area contributed by atoms with Gasteiger partial charge in [0.05, 0.1) is 0 Å². The predicted molar refractivity (Wildman–Crippen MR) is 192 cm³/mol. The maximum absolute atomic E-state index is 5.40. The Balaban J connectivity index is 1.18. The molecule has 10 rings (SSSR count). The minimum absolute atomic E-state index is 0.0677. The molecular weight excluding hydrogens is 625 g/mol. The van der Waals surface area contributed by atoms with Crippen molar-refractivity contribution in [2.45, 2.75) is 19.3 Å². The standard InChI is InChI=1S/C42H29N3Se/c1-42(2)33-14-6-3-11-29(33)30-24-21-27(25-34(30)42)40-39(43-41-45(40)37-17-9-10-18-38(37)46-41)26-19-22-28(23-20-26)44-35-15-7-4-12-31(35)32-13-5-8-16-36(32)44/h3-25H,1-2H3. The van der Waals surface area contributed by atoms with E-state index in [0.29, 0.717) is 0 Å². The number of rotatable bonds is 3. The van der Waals surface area contributed by atoms with E-state index in [1.807, 2.05) is 0 Å². The Bertz CT molecular complexity index is 2610. The SMILES string of the molecule is CC1(C)c2ccccc2-c2ccc(-c3c(-c4ccc(-n5c6ccccc6c6ccccc65)cc4)nc4[se]c5ccccc5n34)cc21. The Labute approximate surface area is 272 Å². The third kappa shape index (κ3) is 3.51. The first-order valence-corrected chi connectivity index (χ1v) is 17.5. The molecule has 4 heteroatoms. The van der Waals surface area contributed by atoms with Crippen molar-refractivity contribution in [2.24, 2.45) is 0 Å². The average Bonchev–Trinajstić information content (AvgIpc) is 3.81. The van der Waals surface area contributed by atoms with Crippen LogP contribution in [0.4, 0.5) is 0 Å². The van der Waals surface area contributed by atoms with Crippen molar-refractivity contribution in [1.82, 2.24) is 14.0 Å². The van der Waals surface area contributed by atoms with Gasteiger partial charge >= 0.3 is 274 Å². The summed E-state index contributed by atoms with van der Waals surface area (Å²) in [5.74, 6) is 0. The average molecular weight is 655 g/mol. The van der Waals surface area contributed by atoms with E-state index in [1.54, 1.807) is 0 Å². The Morgan fingerprint density at radius 2 is 1.17 bits per heavy atom. The van der Waals surface area contributed by atoms with Crippen LogP contribution in [0.25, 0.3) is 75.4 Å². The monoisotopic (exact) mass is 655 g/mol. The molecule has 0 atom stereocenters. The maximum atomic E-state index is 5.40. The Morgan fingerprint density at radius 3 is 1.93 bits per heavy atom. The second kappa shape index (κ2) is 9.43. The van der Waals surface area contributed by atoms with Gasteiger partial charge < -0.3 is 0 Å². The first-order chi connectivity index (χ1) is 22.6. The molecule has 3 heterocycles. The van der Waals surface area contributed by atoms with E-state index in [9.17, 15) is 0 Å². The van der Waals surface area contributed by atoms with E-state index >= 15 is 0 Å². The van der Waals surface area contributed by atoms with Gasteiger partial charge in [-0.05, 0) is 0 Å². The van der Waals surface area contributed by atoms with Gasteiger partial charge in [0, 0.05) is 0 Å². The zero-order valence-electron chi connectivity index (χ0n) is 25.5. The van der Waals surface area contributed by atoms with Crippen LogP contribution in [-0.4, -0.2) is 28.5 Å². The van der Waals surface area contributed by atoms with Crippen molar-refractivity contribution in [1.29, 1.82) is 0 Å². The van der Waals surface area contributed by atoms with E-state index < -0.39 is 0 Å². The van der Waals surface area contributed by atoms with Gasteiger partial charge in [-0.15, -0.1) is 0 Å². The van der Waals surface area contributed by atoms with Gasteiger partial charge in [-0.2, -0.15) is 0 Å². The van der Waals surface area contributed by atoms with Gasteiger partial charge in [0.1, 0.15) is 0 Å². The fourth-order valence-corrected chi connectivity index (χ4v) is 9.96. The van der Waals surface area contributed by atoms with E-state index in [1.165, 1.54) is 65.1 Å². The summed E-state index contributed by atoms with van der Waals surface area (Å²) in [4.78, 5) is 5.40. The molecule has 46 heavy (non-hydrogen) atoms. The summed E-state index contributed by atoms with van der Waals surface area (Å²) in [5, 5.41) is 2.55. The molecule has 6 aromatic carbocycles. The number of hydrogen-bond donors (Lipinski definition) is 0. The summed E-state index contributed by atoms with van der Waals surface area (Å²) in [6, 6.07) is 51.2. The normalized spacial score (nSPS) is 13.6. The van der Waals surface area contributed by atoms with Crippen molar-refractivity contribution < 1.29 is 0 Å². The van der Waals surface area contributed by atoms with E-state index in [0.717, 1.165) is 21.5 Å². The zero-order chi connectivity index (χ0) is 30.6. The summed E-state index contributed by atoms with van der Waals surface area (Å²) in [6.45, 7) is 4.71. The Hall–Kier alpha value is -5.15. The molecule has 0 saturated carbocycles. The topological polar surface area (TPSA) is 22.2 Å². The van der Waals surface area contributed by atoms with Crippen molar-refractivity contribution in [3.8, 4) is 39.3 Å². The van der Waals surface area contributed by atoms with Crippen LogP contribution in [0, 0.1) is 0 Å². The molecule has 0 radical (unpaired) electrons. The van der Waals surface area contributed by atoms with Gasteiger partial charge in [0.25, 0.3) is 0 Å². The second-order valence-electron chi connectivity index (χ2n) is 12.8. The summed E-state index contributed by atoms with van der Waals surface area (Å²) in [5.41, 5.74) is 14.8. The van der Waals surface area contributed by atoms with Gasteiger partial charge in [0.15, 0.2) is 0 Å². The summed E-state index contributed by atoms with van der Waals surface area (Å²) >= 11 is 0.152. The molecule has 0 spiro atoms. The summed E-state index contributed by atoms with van der Waals surface area (Å²) < 4.78 is 7.36. The van der Waals surface area contributed by atoms with Crippen LogP contribution >= 0.6 is 0 Å². The Morgan fingerprint density at radius 1 is 0.565 bits per heavy atom. The number of imidazole rings is 1.